The molecule has 0 atom stereocenters. The number of aromatic amines is 1. The van der Waals surface area contributed by atoms with Crippen LogP contribution in [0.1, 0.15) is 39.3 Å². The number of nitrogens with zero attached hydrogens (tertiary/aromatic N) is 1. The minimum atomic E-state index is -0.352. The maximum Gasteiger partial charge on any atom is 0.339 e. The molecule has 2 heterocycles. The van der Waals surface area contributed by atoms with Crippen molar-refractivity contribution in [3.05, 3.63) is 46.0 Å². The molecule has 7 heteroatoms. The van der Waals surface area contributed by atoms with Crippen LogP contribution >= 0.6 is 11.3 Å². The highest BCUT2D eigenvalue weighted by molar-refractivity contribution is 7.15. The number of hydrogen-bond donors (Lipinski definition) is 2. The van der Waals surface area contributed by atoms with E-state index >= 15 is 0 Å². The monoisotopic (exact) mass is 409 g/mol. The van der Waals surface area contributed by atoms with Gasteiger partial charge >= 0.3 is 5.97 Å². The molecule has 2 aromatic heterocycles. The number of esters is 1. The van der Waals surface area contributed by atoms with Crippen molar-refractivity contribution in [3.8, 4) is 22.0 Å². The van der Waals surface area contributed by atoms with E-state index in [-0.39, 0.29) is 17.8 Å². The Morgan fingerprint density at radius 3 is 2.69 bits per heavy atom. The van der Waals surface area contributed by atoms with Gasteiger partial charge in [0, 0.05) is 27.7 Å². The lowest BCUT2D eigenvalue weighted by Crippen LogP contribution is -2.13. The van der Waals surface area contributed by atoms with Crippen molar-refractivity contribution in [2.45, 2.75) is 33.6 Å². The Bertz CT molecular complexity index is 1110. The summed E-state index contributed by atoms with van der Waals surface area (Å²) < 4.78 is 4.91. The van der Waals surface area contributed by atoms with Crippen molar-refractivity contribution in [3.63, 3.8) is 0 Å². The summed E-state index contributed by atoms with van der Waals surface area (Å²) in [5.41, 5.74) is 5.55. The van der Waals surface area contributed by atoms with Crippen LogP contribution in [0, 0.1) is 26.7 Å². The second-order valence-electron chi connectivity index (χ2n) is 7.38. The quantitative estimate of drug-likeness (QED) is 0.589. The van der Waals surface area contributed by atoms with Gasteiger partial charge in [-0.15, -0.1) is 11.3 Å². The summed E-state index contributed by atoms with van der Waals surface area (Å²) >= 11 is 1.59. The van der Waals surface area contributed by atoms with E-state index < -0.39 is 0 Å². The molecule has 0 aliphatic heterocycles. The maximum absolute atomic E-state index is 12.1. The molecular formula is C22H23N3O3S. The Morgan fingerprint density at radius 1 is 1.24 bits per heavy atom. The van der Waals surface area contributed by atoms with Crippen LogP contribution in [0.4, 0.5) is 5.69 Å². The lowest BCUT2D eigenvalue weighted by atomic mass is 10.1. The molecular weight excluding hydrogens is 386 g/mol. The lowest BCUT2D eigenvalue weighted by Gasteiger charge is -2.05. The number of nitrogens with one attached hydrogen (secondary N) is 2. The first-order valence-electron chi connectivity index (χ1n) is 9.55. The number of amides is 1. The predicted octanol–water partition coefficient (Wildman–Crippen LogP) is 4.87. The SMILES string of the molecule is COC(=O)c1c(C)[nH]c(-c2nc(-c3cccc(NC(=O)C4CC4)c3)sc2C)c1C. The van der Waals surface area contributed by atoms with Crippen LogP contribution in [0.15, 0.2) is 24.3 Å². The van der Waals surface area contributed by atoms with Crippen molar-refractivity contribution >= 4 is 28.9 Å². The Labute approximate surface area is 173 Å². The molecule has 3 aromatic rings. The number of carbonyl (C=O) groups is 2. The Morgan fingerprint density at radius 2 is 2.00 bits per heavy atom. The van der Waals surface area contributed by atoms with Gasteiger partial charge in [0.25, 0.3) is 0 Å². The molecule has 1 aliphatic rings. The first-order valence-corrected chi connectivity index (χ1v) is 10.4. The third-order valence-electron chi connectivity index (χ3n) is 5.19. The topological polar surface area (TPSA) is 84.1 Å². The number of thiazole rings is 1. The van der Waals surface area contributed by atoms with Crippen LogP contribution in [0.3, 0.4) is 0 Å². The van der Waals surface area contributed by atoms with Crippen LogP contribution in [0.2, 0.25) is 0 Å². The molecule has 1 aliphatic carbocycles. The van der Waals surface area contributed by atoms with Crippen molar-refractivity contribution in [2.24, 2.45) is 5.92 Å². The molecule has 29 heavy (non-hydrogen) atoms. The van der Waals surface area contributed by atoms with E-state index in [4.69, 9.17) is 9.72 Å². The third-order valence-corrected chi connectivity index (χ3v) is 6.21. The number of carbonyl (C=O) groups excluding carboxylic acids is 2. The normalized spacial score (nSPS) is 13.4. The number of ether oxygens (including phenoxy) is 1. The average Bonchev–Trinajstić information content (AvgIpc) is 3.42. The van der Waals surface area contributed by atoms with Gasteiger partial charge in [-0.2, -0.15) is 0 Å². The highest BCUT2D eigenvalue weighted by Crippen LogP contribution is 2.37. The van der Waals surface area contributed by atoms with Crippen molar-refractivity contribution < 1.29 is 14.3 Å². The number of aryl methyl sites for hydroxylation is 2. The molecule has 150 valence electrons. The number of aromatic nitrogens is 2. The zero-order valence-electron chi connectivity index (χ0n) is 16.9. The van der Waals surface area contributed by atoms with Crippen LogP contribution < -0.4 is 5.32 Å². The molecule has 1 aromatic carbocycles. The predicted molar refractivity (Wildman–Crippen MR) is 114 cm³/mol. The Kier molecular flexibility index (Phi) is 5.00. The summed E-state index contributed by atoms with van der Waals surface area (Å²) in [5.74, 6) is -0.101. The fourth-order valence-electron chi connectivity index (χ4n) is 3.47. The Hall–Kier alpha value is -2.93. The lowest BCUT2D eigenvalue weighted by molar-refractivity contribution is -0.117. The molecule has 1 saturated carbocycles. The van der Waals surface area contributed by atoms with Gasteiger partial charge < -0.3 is 15.0 Å². The highest BCUT2D eigenvalue weighted by atomic mass is 32.1. The summed E-state index contributed by atoms with van der Waals surface area (Å²) in [6, 6.07) is 7.76. The minimum absolute atomic E-state index is 0.0889. The van der Waals surface area contributed by atoms with Gasteiger partial charge in [-0.1, -0.05) is 12.1 Å². The largest absolute Gasteiger partial charge is 0.465 e. The van der Waals surface area contributed by atoms with Crippen LogP contribution in [0.25, 0.3) is 22.0 Å². The fourth-order valence-corrected chi connectivity index (χ4v) is 4.38. The summed E-state index contributed by atoms with van der Waals surface area (Å²) in [5, 5.41) is 3.85. The van der Waals surface area contributed by atoms with E-state index in [0.29, 0.717) is 5.56 Å². The van der Waals surface area contributed by atoms with Gasteiger partial charge in [-0.25, -0.2) is 9.78 Å². The fraction of sp³-hybridized carbons (Fsp3) is 0.318. The van der Waals surface area contributed by atoms with E-state index in [1.807, 2.05) is 45.0 Å². The van der Waals surface area contributed by atoms with Gasteiger partial charge in [0.1, 0.15) is 10.7 Å². The first-order chi connectivity index (χ1) is 13.9. The van der Waals surface area contributed by atoms with Crippen molar-refractivity contribution in [1.29, 1.82) is 0 Å². The first kappa shape index (κ1) is 19.4. The molecule has 1 amide bonds. The zero-order valence-corrected chi connectivity index (χ0v) is 17.7. The maximum atomic E-state index is 12.1. The van der Waals surface area contributed by atoms with E-state index in [0.717, 1.165) is 56.6 Å². The smallest absolute Gasteiger partial charge is 0.339 e. The molecule has 2 N–H and O–H groups in total. The van der Waals surface area contributed by atoms with Gasteiger partial charge in [-0.3, -0.25) is 4.79 Å². The number of H-pyrrole nitrogens is 1. The number of hydrogen-bond acceptors (Lipinski definition) is 5. The second kappa shape index (κ2) is 7.48. The molecule has 0 saturated heterocycles. The van der Waals surface area contributed by atoms with E-state index in [1.165, 1.54) is 7.11 Å². The standard InChI is InChI=1S/C22H23N3O3S/c1-11-17(22(27)28-4)12(2)23-18(11)19-13(3)29-21(25-19)15-6-5-7-16(10-15)24-20(26)14-8-9-14/h5-7,10,14,23H,8-9H2,1-4H3,(H,24,26). The number of anilines is 1. The van der Waals surface area contributed by atoms with Crippen LogP contribution in [0.5, 0.6) is 0 Å². The van der Waals surface area contributed by atoms with Crippen LogP contribution in [-0.4, -0.2) is 29.0 Å². The second-order valence-corrected chi connectivity index (χ2v) is 8.59. The summed E-state index contributed by atoms with van der Waals surface area (Å²) in [6.07, 6.45) is 1.95. The van der Waals surface area contributed by atoms with Crippen LogP contribution in [-0.2, 0) is 9.53 Å². The molecule has 0 unspecified atom stereocenters. The molecule has 0 spiro atoms. The zero-order chi connectivity index (χ0) is 20.7. The summed E-state index contributed by atoms with van der Waals surface area (Å²) in [4.78, 5) is 33.3. The number of methoxy groups -OCH3 is 1. The molecule has 4 rings (SSSR count). The van der Waals surface area contributed by atoms with Crippen molar-refractivity contribution in [1.82, 2.24) is 9.97 Å². The summed E-state index contributed by atoms with van der Waals surface area (Å²) in [6.45, 7) is 5.78. The van der Waals surface area contributed by atoms with E-state index in [9.17, 15) is 9.59 Å². The number of rotatable bonds is 5. The van der Waals surface area contributed by atoms with Gasteiger partial charge in [0.05, 0.1) is 18.4 Å². The molecule has 0 bridgehead atoms. The van der Waals surface area contributed by atoms with Gasteiger partial charge in [0.15, 0.2) is 0 Å². The number of benzene rings is 1. The molecule has 1 fully saturated rings. The summed E-state index contributed by atoms with van der Waals surface area (Å²) in [7, 11) is 1.38. The minimum Gasteiger partial charge on any atom is -0.465 e. The average molecular weight is 410 g/mol. The molecule has 0 radical (unpaired) electrons. The van der Waals surface area contributed by atoms with Crippen molar-refractivity contribution in [2.75, 3.05) is 12.4 Å². The molecule has 6 nitrogen and oxygen atoms in total. The van der Waals surface area contributed by atoms with Gasteiger partial charge in [-0.05, 0) is 51.3 Å². The van der Waals surface area contributed by atoms with E-state index in [1.54, 1.807) is 11.3 Å². The third kappa shape index (κ3) is 3.70. The van der Waals surface area contributed by atoms with Gasteiger partial charge in [0.2, 0.25) is 5.91 Å². The van der Waals surface area contributed by atoms with E-state index in [2.05, 4.69) is 10.3 Å². The Balaban J connectivity index is 1.67. The highest BCUT2D eigenvalue weighted by Gasteiger charge is 2.29.